The number of hydrogen-bond acceptors (Lipinski definition) is 3. The first kappa shape index (κ1) is 7.38. The van der Waals surface area contributed by atoms with E-state index >= 15 is 0 Å². The summed E-state index contributed by atoms with van der Waals surface area (Å²) in [4.78, 5) is 4.11. The van der Waals surface area contributed by atoms with Gasteiger partial charge in [0.15, 0.2) is 0 Å². The Kier molecular flexibility index (Phi) is 1.44. The number of benzene rings is 1. The Balaban J connectivity index is 2.61. The quantitative estimate of drug-likeness (QED) is 0.499. The van der Waals surface area contributed by atoms with Crippen molar-refractivity contribution in [1.82, 2.24) is 15.2 Å². The van der Waals surface area contributed by atoms with Crippen LogP contribution in [0.2, 0.25) is 0 Å². The van der Waals surface area contributed by atoms with E-state index in [1.807, 2.05) is 18.3 Å². The summed E-state index contributed by atoms with van der Waals surface area (Å²) in [5.74, 6) is 0. The van der Waals surface area contributed by atoms with Crippen molar-refractivity contribution >= 4 is 21.5 Å². The summed E-state index contributed by atoms with van der Waals surface area (Å²) < 4.78 is 0. The minimum absolute atomic E-state index is 1.10. The van der Waals surface area contributed by atoms with Crippen LogP contribution in [-0.4, -0.2) is 15.2 Å². The highest BCUT2D eigenvalue weighted by molar-refractivity contribution is 6.06. The van der Waals surface area contributed by atoms with Gasteiger partial charge in [-0.05, 0) is 11.5 Å². The van der Waals surface area contributed by atoms with Crippen LogP contribution in [0.3, 0.4) is 0 Å². The zero-order valence-electron chi connectivity index (χ0n) is 7.38. The summed E-state index contributed by atoms with van der Waals surface area (Å²) in [6.07, 6.45) is 7.20. The molecule has 0 aliphatic heterocycles. The lowest BCUT2D eigenvalue weighted by Gasteiger charge is -2.00. The summed E-state index contributed by atoms with van der Waals surface area (Å²) in [7, 11) is 0. The maximum atomic E-state index is 4.11. The SMILES string of the molecule is c1cc2ccc3cnncc3c2cn1. The van der Waals surface area contributed by atoms with E-state index in [0.29, 0.717) is 0 Å². The summed E-state index contributed by atoms with van der Waals surface area (Å²) in [6, 6.07) is 6.11. The van der Waals surface area contributed by atoms with Gasteiger partial charge in [0.25, 0.3) is 0 Å². The van der Waals surface area contributed by atoms with Crippen LogP contribution >= 0.6 is 0 Å². The van der Waals surface area contributed by atoms with Gasteiger partial charge >= 0.3 is 0 Å². The number of pyridine rings is 1. The van der Waals surface area contributed by atoms with E-state index in [2.05, 4.69) is 21.2 Å². The normalized spacial score (nSPS) is 10.9. The topological polar surface area (TPSA) is 38.7 Å². The second-order valence-electron chi connectivity index (χ2n) is 3.15. The van der Waals surface area contributed by atoms with Gasteiger partial charge in [-0.15, -0.1) is 0 Å². The standard InChI is InChI=1S/C11H7N3/c1-2-9-5-13-14-7-11(9)10-6-12-4-3-8(1)10/h1-7H. The van der Waals surface area contributed by atoms with Crippen LogP contribution in [0.25, 0.3) is 21.5 Å². The van der Waals surface area contributed by atoms with Gasteiger partial charge in [-0.2, -0.15) is 10.2 Å². The van der Waals surface area contributed by atoms with Gasteiger partial charge in [-0.3, -0.25) is 4.98 Å². The molecule has 0 aliphatic carbocycles. The van der Waals surface area contributed by atoms with Gasteiger partial charge in [0.2, 0.25) is 0 Å². The van der Waals surface area contributed by atoms with Crippen molar-refractivity contribution in [3.8, 4) is 0 Å². The van der Waals surface area contributed by atoms with Gasteiger partial charge in [0.1, 0.15) is 0 Å². The highest BCUT2D eigenvalue weighted by atomic mass is 15.1. The molecule has 0 unspecified atom stereocenters. The maximum absolute atomic E-state index is 4.11. The summed E-state index contributed by atoms with van der Waals surface area (Å²) in [5.41, 5.74) is 0. The molecule has 3 aromatic rings. The molecule has 3 rings (SSSR count). The molecule has 2 aromatic heterocycles. The molecule has 0 bridgehead atoms. The fourth-order valence-corrected chi connectivity index (χ4v) is 1.64. The molecule has 3 heteroatoms. The summed E-state index contributed by atoms with van der Waals surface area (Å²) in [6.45, 7) is 0. The van der Waals surface area contributed by atoms with Gasteiger partial charge < -0.3 is 0 Å². The third-order valence-corrected chi connectivity index (χ3v) is 2.35. The molecule has 0 saturated heterocycles. The molecule has 0 amide bonds. The third-order valence-electron chi connectivity index (χ3n) is 2.35. The molecule has 0 saturated carbocycles. The Morgan fingerprint density at radius 3 is 2.50 bits per heavy atom. The largest absolute Gasteiger partial charge is 0.264 e. The second-order valence-corrected chi connectivity index (χ2v) is 3.15. The number of aromatic nitrogens is 3. The smallest absolute Gasteiger partial charge is 0.0581 e. The van der Waals surface area contributed by atoms with E-state index < -0.39 is 0 Å². The second kappa shape index (κ2) is 2.73. The molecule has 3 nitrogen and oxygen atoms in total. The zero-order valence-corrected chi connectivity index (χ0v) is 7.38. The molecular weight excluding hydrogens is 174 g/mol. The van der Waals surface area contributed by atoms with Crippen LogP contribution in [-0.2, 0) is 0 Å². The highest BCUT2D eigenvalue weighted by Crippen LogP contribution is 2.22. The van der Waals surface area contributed by atoms with E-state index in [1.165, 1.54) is 5.39 Å². The van der Waals surface area contributed by atoms with Gasteiger partial charge in [0.05, 0.1) is 12.4 Å². The molecule has 0 atom stereocenters. The monoisotopic (exact) mass is 181 g/mol. The van der Waals surface area contributed by atoms with E-state index in [-0.39, 0.29) is 0 Å². The molecule has 0 fully saturated rings. The van der Waals surface area contributed by atoms with E-state index in [9.17, 15) is 0 Å². The van der Waals surface area contributed by atoms with E-state index in [0.717, 1.165) is 16.2 Å². The van der Waals surface area contributed by atoms with Crippen LogP contribution in [0.1, 0.15) is 0 Å². The lowest BCUT2D eigenvalue weighted by molar-refractivity contribution is 1.05. The lowest BCUT2D eigenvalue weighted by atomic mass is 10.1. The lowest BCUT2D eigenvalue weighted by Crippen LogP contribution is -1.82. The molecule has 0 aliphatic rings. The molecule has 1 aromatic carbocycles. The first-order valence-electron chi connectivity index (χ1n) is 4.38. The molecule has 14 heavy (non-hydrogen) atoms. The van der Waals surface area contributed by atoms with Crippen LogP contribution < -0.4 is 0 Å². The third kappa shape index (κ3) is 0.956. The predicted octanol–water partition coefficient (Wildman–Crippen LogP) is 2.18. The van der Waals surface area contributed by atoms with Crippen molar-refractivity contribution in [2.45, 2.75) is 0 Å². The van der Waals surface area contributed by atoms with E-state index in [1.54, 1.807) is 18.6 Å². The molecule has 0 N–H and O–H groups in total. The predicted molar refractivity (Wildman–Crippen MR) is 54.8 cm³/mol. The van der Waals surface area contributed by atoms with Crippen molar-refractivity contribution in [1.29, 1.82) is 0 Å². The Bertz CT molecular complexity index is 550. The molecular formula is C11H7N3. The first-order valence-corrected chi connectivity index (χ1v) is 4.38. The Hall–Kier alpha value is -2.03. The summed E-state index contributed by atoms with van der Waals surface area (Å²) in [5, 5.41) is 12.2. The van der Waals surface area contributed by atoms with E-state index in [4.69, 9.17) is 0 Å². The van der Waals surface area contributed by atoms with Gasteiger partial charge in [0, 0.05) is 28.6 Å². The Morgan fingerprint density at radius 2 is 1.50 bits per heavy atom. The fraction of sp³-hybridized carbons (Fsp3) is 0. The fourth-order valence-electron chi connectivity index (χ4n) is 1.64. The summed E-state index contributed by atoms with van der Waals surface area (Å²) >= 11 is 0. The first-order chi connectivity index (χ1) is 6.95. The average Bonchev–Trinajstić information content (AvgIpc) is 2.29. The van der Waals surface area contributed by atoms with Crippen molar-refractivity contribution in [2.24, 2.45) is 0 Å². The molecule has 2 heterocycles. The number of hydrogen-bond donors (Lipinski definition) is 0. The Morgan fingerprint density at radius 1 is 0.714 bits per heavy atom. The van der Waals surface area contributed by atoms with Crippen molar-refractivity contribution in [2.75, 3.05) is 0 Å². The molecule has 0 radical (unpaired) electrons. The van der Waals surface area contributed by atoms with Crippen LogP contribution in [0.15, 0.2) is 43.0 Å². The van der Waals surface area contributed by atoms with Crippen molar-refractivity contribution < 1.29 is 0 Å². The number of rotatable bonds is 0. The van der Waals surface area contributed by atoms with Crippen LogP contribution in [0.5, 0.6) is 0 Å². The minimum Gasteiger partial charge on any atom is -0.264 e. The van der Waals surface area contributed by atoms with Gasteiger partial charge in [-0.1, -0.05) is 12.1 Å². The highest BCUT2D eigenvalue weighted by Gasteiger charge is 1.99. The van der Waals surface area contributed by atoms with Crippen LogP contribution in [0, 0.1) is 0 Å². The molecule has 66 valence electrons. The zero-order chi connectivity index (χ0) is 9.38. The number of nitrogens with zero attached hydrogens (tertiary/aromatic N) is 3. The maximum Gasteiger partial charge on any atom is 0.0581 e. The van der Waals surface area contributed by atoms with Gasteiger partial charge in [-0.25, -0.2) is 0 Å². The Labute approximate surface area is 80.4 Å². The minimum atomic E-state index is 1.10. The number of fused-ring (bicyclic) bond motifs is 3. The van der Waals surface area contributed by atoms with Crippen LogP contribution in [0.4, 0.5) is 0 Å². The van der Waals surface area contributed by atoms with Crippen molar-refractivity contribution in [3.63, 3.8) is 0 Å². The molecule has 0 spiro atoms. The average molecular weight is 181 g/mol. The van der Waals surface area contributed by atoms with Crippen molar-refractivity contribution in [3.05, 3.63) is 43.0 Å².